The molecule has 1 aromatic carbocycles. The van der Waals surface area contributed by atoms with Crippen LogP contribution < -0.4 is 9.47 Å². The smallest absolute Gasteiger partial charge is 0.231 e. The van der Waals surface area contributed by atoms with Gasteiger partial charge in [0.15, 0.2) is 11.5 Å². The number of rotatable bonds is 7. The minimum atomic E-state index is -0.450. The highest BCUT2D eigenvalue weighted by Crippen LogP contribution is 2.32. The summed E-state index contributed by atoms with van der Waals surface area (Å²) in [4.78, 5) is 2.20. The second kappa shape index (κ2) is 6.81. The molecular weight excluding hydrogens is 282 g/mol. The Labute approximate surface area is 129 Å². The normalized spacial score (nSPS) is 14.5. The molecule has 22 heavy (non-hydrogen) atoms. The van der Waals surface area contributed by atoms with E-state index < -0.39 is 6.10 Å². The van der Waals surface area contributed by atoms with Gasteiger partial charge in [0.25, 0.3) is 0 Å². The lowest BCUT2D eigenvalue weighted by molar-refractivity contribution is 0.0940. The van der Waals surface area contributed by atoms with E-state index in [4.69, 9.17) is 9.47 Å². The Morgan fingerprint density at radius 2 is 2.23 bits per heavy atom. The molecule has 0 aliphatic carbocycles. The van der Waals surface area contributed by atoms with E-state index in [0.717, 1.165) is 30.2 Å². The Balaban J connectivity index is 1.57. The third kappa shape index (κ3) is 3.58. The fourth-order valence-electron chi connectivity index (χ4n) is 2.58. The monoisotopic (exact) mass is 303 g/mol. The molecule has 0 saturated heterocycles. The molecule has 0 spiro atoms. The quantitative estimate of drug-likeness (QED) is 0.840. The molecule has 0 bridgehead atoms. The fraction of sp³-hybridized carbons (Fsp3) is 0.438. The van der Waals surface area contributed by atoms with Crippen molar-refractivity contribution in [2.75, 3.05) is 19.9 Å². The number of hydrogen-bond acceptors (Lipinski definition) is 5. The van der Waals surface area contributed by atoms with Gasteiger partial charge in [-0.05, 0) is 30.3 Å². The highest BCUT2D eigenvalue weighted by Gasteiger charge is 2.16. The summed E-state index contributed by atoms with van der Waals surface area (Å²) < 4.78 is 12.5. The van der Waals surface area contributed by atoms with Gasteiger partial charge in [0.1, 0.15) is 0 Å². The first kappa shape index (κ1) is 14.9. The molecule has 0 saturated carbocycles. The molecule has 6 nitrogen and oxygen atoms in total. The summed E-state index contributed by atoms with van der Waals surface area (Å²) in [6, 6.07) is 7.84. The molecule has 0 unspecified atom stereocenters. The predicted octanol–water partition coefficient (Wildman–Crippen LogP) is 1.49. The van der Waals surface area contributed by atoms with Gasteiger partial charge in [0, 0.05) is 25.5 Å². The maximum atomic E-state index is 10.2. The zero-order valence-electron chi connectivity index (χ0n) is 12.7. The largest absolute Gasteiger partial charge is 0.454 e. The minimum Gasteiger partial charge on any atom is -0.454 e. The van der Waals surface area contributed by atoms with Crippen molar-refractivity contribution in [3.8, 4) is 11.5 Å². The van der Waals surface area contributed by atoms with Crippen molar-refractivity contribution >= 4 is 0 Å². The molecule has 1 aliphatic rings. The molecule has 6 heteroatoms. The van der Waals surface area contributed by atoms with Gasteiger partial charge in [-0.2, -0.15) is 5.10 Å². The van der Waals surface area contributed by atoms with Crippen molar-refractivity contribution in [2.45, 2.75) is 26.1 Å². The maximum Gasteiger partial charge on any atom is 0.231 e. The van der Waals surface area contributed by atoms with E-state index in [1.54, 1.807) is 10.9 Å². The second-order valence-corrected chi connectivity index (χ2v) is 5.40. The van der Waals surface area contributed by atoms with Crippen molar-refractivity contribution in [1.82, 2.24) is 14.7 Å². The van der Waals surface area contributed by atoms with Gasteiger partial charge in [0.05, 0.1) is 12.6 Å². The van der Waals surface area contributed by atoms with Gasteiger partial charge in [-0.25, -0.2) is 0 Å². The molecule has 0 fully saturated rings. The number of likely N-dealkylation sites (N-methyl/N-ethyl adjacent to an activating group) is 1. The van der Waals surface area contributed by atoms with E-state index in [1.807, 2.05) is 30.5 Å². The second-order valence-electron chi connectivity index (χ2n) is 5.40. The molecule has 1 N–H and O–H groups in total. The summed E-state index contributed by atoms with van der Waals surface area (Å²) in [5.41, 5.74) is 1.15. The van der Waals surface area contributed by atoms with Crippen molar-refractivity contribution in [2.24, 2.45) is 0 Å². The molecular formula is C16H21N3O3. The number of hydrogen-bond donors (Lipinski definition) is 1. The van der Waals surface area contributed by atoms with E-state index >= 15 is 0 Å². The standard InChI is InChI=1S/C16H21N3O3/c1-2-18(10-14(20)11-19-7-3-6-17-19)9-13-4-5-15-16(8-13)22-12-21-15/h3-8,14,20H,2,9-12H2,1H3/t14-/m0/s1. The summed E-state index contributed by atoms with van der Waals surface area (Å²) >= 11 is 0. The Kier molecular flexibility index (Phi) is 4.60. The van der Waals surface area contributed by atoms with Crippen LogP contribution >= 0.6 is 0 Å². The molecule has 1 aliphatic heterocycles. The lowest BCUT2D eigenvalue weighted by atomic mass is 10.2. The molecule has 2 heterocycles. The van der Waals surface area contributed by atoms with Crippen LogP contribution in [0.2, 0.25) is 0 Å². The average Bonchev–Trinajstić information content (AvgIpc) is 3.17. The van der Waals surface area contributed by atoms with E-state index in [2.05, 4.69) is 16.9 Å². The van der Waals surface area contributed by atoms with Crippen LogP contribution in [0.15, 0.2) is 36.7 Å². The highest BCUT2D eigenvalue weighted by atomic mass is 16.7. The zero-order valence-corrected chi connectivity index (χ0v) is 12.7. The van der Waals surface area contributed by atoms with E-state index in [1.165, 1.54) is 0 Å². The van der Waals surface area contributed by atoms with Gasteiger partial charge < -0.3 is 14.6 Å². The first-order valence-electron chi connectivity index (χ1n) is 7.51. The average molecular weight is 303 g/mol. The van der Waals surface area contributed by atoms with Crippen LogP contribution in [0, 0.1) is 0 Å². The van der Waals surface area contributed by atoms with Gasteiger partial charge in [-0.3, -0.25) is 9.58 Å². The summed E-state index contributed by atoms with van der Waals surface area (Å²) in [5, 5.41) is 14.3. The van der Waals surface area contributed by atoms with Crippen molar-refractivity contribution < 1.29 is 14.6 Å². The highest BCUT2D eigenvalue weighted by molar-refractivity contribution is 5.44. The van der Waals surface area contributed by atoms with Crippen LogP contribution in [-0.2, 0) is 13.1 Å². The Morgan fingerprint density at radius 1 is 1.36 bits per heavy atom. The zero-order chi connectivity index (χ0) is 15.4. The number of nitrogens with zero attached hydrogens (tertiary/aromatic N) is 3. The Hall–Kier alpha value is -2.05. The Morgan fingerprint density at radius 3 is 3.00 bits per heavy atom. The van der Waals surface area contributed by atoms with E-state index in [9.17, 15) is 5.11 Å². The van der Waals surface area contributed by atoms with E-state index in [-0.39, 0.29) is 0 Å². The number of aromatic nitrogens is 2. The summed E-state index contributed by atoms with van der Waals surface area (Å²) in [6.45, 7) is 5.12. The third-order valence-electron chi connectivity index (χ3n) is 3.72. The first-order valence-corrected chi connectivity index (χ1v) is 7.51. The maximum absolute atomic E-state index is 10.2. The molecule has 3 rings (SSSR count). The van der Waals surface area contributed by atoms with Gasteiger partial charge in [-0.15, -0.1) is 0 Å². The minimum absolute atomic E-state index is 0.291. The molecule has 2 aromatic rings. The topological polar surface area (TPSA) is 59.8 Å². The van der Waals surface area contributed by atoms with Crippen LogP contribution in [-0.4, -0.2) is 45.8 Å². The van der Waals surface area contributed by atoms with Crippen LogP contribution in [0.1, 0.15) is 12.5 Å². The SMILES string of the molecule is CCN(Cc1ccc2c(c1)OCO2)C[C@H](O)Cn1cccn1. The lowest BCUT2D eigenvalue weighted by Crippen LogP contribution is -2.34. The van der Waals surface area contributed by atoms with Crippen molar-refractivity contribution in [3.05, 3.63) is 42.2 Å². The fourth-order valence-corrected chi connectivity index (χ4v) is 2.58. The molecule has 0 radical (unpaired) electrons. The summed E-state index contributed by atoms with van der Waals surface area (Å²) in [7, 11) is 0. The first-order chi connectivity index (χ1) is 10.7. The van der Waals surface area contributed by atoms with Crippen molar-refractivity contribution in [1.29, 1.82) is 0 Å². The predicted molar refractivity (Wildman–Crippen MR) is 81.7 cm³/mol. The van der Waals surface area contributed by atoms with Crippen molar-refractivity contribution in [3.63, 3.8) is 0 Å². The number of aliphatic hydroxyl groups is 1. The van der Waals surface area contributed by atoms with Crippen LogP contribution in [0.5, 0.6) is 11.5 Å². The number of ether oxygens (including phenoxy) is 2. The number of benzene rings is 1. The van der Waals surface area contributed by atoms with E-state index in [0.29, 0.717) is 19.9 Å². The van der Waals surface area contributed by atoms with Gasteiger partial charge >= 0.3 is 0 Å². The molecule has 1 aromatic heterocycles. The third-order valence-corrected chi connectivity index (χ3v) is 3.72. The van der Waals surface area contributed by atoms with Gasteiger partial charge in [0.2, 0.25) is 6.79 Å². The lowest BCUT2D eigenvalue weighted by Gasteiger charge is -2.23. The van der Waals surface area contributed by atoms with Crippen LogP contribution in [0.3, 0.4) is 0 Å². The molecule has 118 valence electrons. The van der Waals surface area contributed by atoms with Crippen LogP contribution in [0.4, 0.5) is 0 Å². The van der Waals surface area contributed by atoms with Gasteiger partial charge in [-0.1, -0.05) is 13.0 Å². The number of fused-ring (bicyclic) bond motifs is 1. The van der Waals surface area contributed by atoms with Crippen LogP contribution in [0.25, 0.3) is 0 Å². The molecule has 1 atom stereocenters. The Bertz CT molecular complexity index is 601. The molecule has 0 amide bonds. The summed E-state index contributed by atoms with van der Waals surface area (Å²) in [6.07, 6.45) is 3.13. The number of aliphatic hydroxyl groups excluding tert-OH is 1. The summed E-state index contributed by atoms with van der Waals surface area (Å²) in [5.74, 6) is 1.59.